The predicted molar refractivity (Wildman–Crippen MR) is 152 cm³/mol. The van der Waals surface area contributed by atoms with E-state index in [0.29, 0.717) is 27.0 Å². The van der Waals surface area contributed by atoms with Gasteiger partial charge in [0.25, 0.3) is 16.8 Å². The summed E-state index contributed by atoms with van der Waals surface area (Å²) < 4.78 is 7.56. The molecule has 1 N–H and O–H groups in total. The van der Waals surface area contributed by atoms with Crippen LogP contribution in [-0.4, -0.2) is 33.4 Å². The van der Waals surface area contributed by atoms with Gasteiger partial charge in [-0.05, 0) is 89.0 Å². The van der Waals surface area contributed by atoms with Gasteiger partial charge in [0, 0.05) is 25.4 Å². The quantitative estimate of drug-likeness (QED) is 0.129. The monoisotopic (exact) mass is 693 g/mol. The number of nitrogens with one attached hydrogen (secondary N) is 1. The van der Waals surface area contributed by atoms with Gasteiger partial charge in [-0.3, -0.25) is 29.4 Å². The molecule has 3 aromatic rings. The number of amides is 3. The number of ether oxygens (including phenoxy) is 1. The number of para-hydroxylation sites is 1. The molecular formula is C25H17BrIN3O6S. The molecule has 3 amide bonds. The zero-order valence-electron chi connectivity index (χ0n) is 18.9. The lowest BCUT2D eigenvalue weighted by Crippen LogP contribution is -2.36. The van der Waals surface area contributed by atoms with Crippen LogP contribution in [0.2, 0.25) is 0 Å². The minimum Gasteiger partial charge on any atom is -0.488 e. The van der Waals surface area contributed by atoms with E-state index in [1.165, 1.54) is 12.1 Å². The van der Waals surface area contributed by atoms with Crippen LogP contribution < -0.4 is 10.1 Å². The Morgan fingerprint density at radius 1 is 1.14 bits per heavy atom. The van der Waals surface area contributed by atoms with Crippen LogP contribution in [0.4, 0.5) is 16.2 Å². The first kappa shape index (κ1) is 26.8. The van der Waals surface area contributed by atoms with E-state index in [9.17, 15) is 24.5 Å². The maximum absolute atomic E-state index is 13.0. The Labute approximate surface area is 237 Å². The summed E-state index contributed by atoms with van der Waals surface area (Å²) in [4.78, 5) is 49.7. The van der Waals surface area contributed by atoms with Crippen molar-refractivity contribution >= 4 is 84.8 Å². The van der Waals surface area contributed by atoms with Gasteiger partial charge in [-0.25, -0.2) is 0 Å². The van der Waals surface area contributed by atoms with E-state index in [-0.39, 0.29) is 17.2 Å². The van der Waals surface area contributed by atoms with Crippen LogP contribution in [0.15, 0.2) is 76.1 Å². The van der Waals surface area contributed by atoms with Gasteiger partial charge in [-0.2, -0.15) is 0 Å². The lowest BCUT2D eigenvalue weighted by molar-refractivity contribution is -0.385. The smallest absolute Gasteiger partial charge is 0.294 e. The van der Waals surface area contributed by atoms with Crippen LogP contribution >= 0.6 is 50.3 Å². The van der Waals surface area contributed by atoms with Crippen LogP contribution in [0.5, 0.6) is 5.75 Å². The van der Waals surface area contributed by atoms with Crippen molar-refractivity contribution in [1.29, 1.82) is 0 Å². The number of hydrogen-bond acceptors (Lipinski definition) is 7. The van der Waals surface area contributed by atoms with Crippen molar-refractivity contribution in [3.63, 3.8) is 0 Å². The zero-order valence-corrected chi connectivity index (χ0v) is 23.4. The fourth-order valence-electron chi connectivity index (χ4n) is 3.38. The van der Waals surface area contributed by atoms with E-state index in [1.807, 2.05) is 12.1 Å². The third-order valence-corrected chi connectivity index (χ3v) is 7.25. The van der Waals surface area contributed by atoms with Crippen molar-refractivity contribution in [2.24, 2.45) is 0 Å². The number of anilines is 1. The van der Waals surface area contributed by atoms with Crippen LogP contribution in [0.3, 0.4) is 0 Å². The average molecular weight is 694 g/mol. The second-order valence-corrected chi connectivity index (χ2v) is 10.8. The molecular weight excluding hydrogens is 677 g/mol. The largest absolute Gasteiger partial charge is 0.488 e. The Morgan fingerprint density at radius 3 is 2.59 bits per heavy atom. The number of nitrogens with zero attached hydrogens (tertiary/aromatic N) is 2. The number of carbonyl (C=O) groups excluding carboxylic acids is 3. The third-order valence-electron chi connectivity index (χ3n) is 5.13. The summed E-state index contributed by atoms with van der Waals surface area (Å²) in [6.45, 7) is -0.493. The van der Waals surface area contributed by atoms with E-state index >= 15 is 0 Å². The maximum atomic E-state index is 13.0. The molecule has 1 saturated heterocycles. The molecule has 1 heterocycles. The highest BCUT2D eigenvalue weighted by molar-refractivity contribution is 14.1. The molecule has 0 spiro atoms. The van der Waals surface area contributed by atoms with E-state index in [0.717, 1.165) is 20.2 Å². The topological polar surface area (TPSA) is 119 Å². The molecule has 37 heavy (non-hydrogen) atoms. The Kier molecular flexibility index (Phi) is 8.61. The molecule has 188 valence electrons. The summed E-state index contributed by atoms with van der Waals surface area (Å²) in [7, 11) is 0. The number of nitro benzene ring substituents is 1. The van der Waals surface area contributed by atoms with Crippen LogP contribution in [0, 0.1) is 13.7 Å². The molecule has 4 rings (SSSR count). The Morgan fingerprint density at radius 2 is 1.86 bits per heavy atom. The first-order chi connectivity index (χ1) is 17.7. The fraction of sp³-hybridized carbons (Fsp3) is 0.0800. The summed E-state index contributed by atoms with van der Waals surface area (Å²) in [5.41, 5.74) is 1.37. The molecule has 0 bridgehead atoms. The minimum absolute atomic E-state index is 0.0641. The number of rotatable bonds is 8. The average Bonchev–Trinajstić information content (AvgIpc) is 3.12. The summed E-state index contributed by atoms with van der Waals surface area (Å²) in [5, 5.41) is 13.4. The lowest BCUT2D eigenvalue weighted by Gasteiger charge is -2.13. The summed E-state index contributed by atoms with van der Waals surface area (Å²) in [6.07, 6.45) is 1.50. The van der Waals surface area contributed by atoms with Crippen molar-refractivity contribution in [2.45, 2.75) is 6.61 Å². The molecule has 1 aliphatic rings. The molecule has 3 aromatic carbocycles. The highest BCUT2D eigenvalue weighted by Gasteiger charge is 2.36. The first-order valence-electron chi connectivity index (χ1n) is 10.7. The minimum atomic E-state index is -0.600. The van der Waals surface area contributed by atoms with Gasteiger partial charge in [-0.15, -0.1) is 0 Å². The van der Waals surface area contributed by atoms with Crippen molar-refractivity contribution in [2.75, 3.05) is 11.9 Å². The van der Waals surface area contributed by atoms with E-state index in [1.54, 1.807) is 48.5 Å². The molecule has 0 atom stereocenters. The van der Waals surface area contributed by atoms with Gasteiger partial charge in [-0.1, -0.05) is 28.1 Å². The number of nitro groups is 1. The number of benzene rings is 3. The number of carbonyl (C=O) groups is 3. The maximum Gasteiger partial charge on any atom is 0.294 e. The molecule has 0 unspecified atom stereocenters. The molecule has 1 fully saturated rings. The van der Waals surface area contributed by atoms with Crippen molar-refractivity contribution in [3.05, 3.63) is 101 Å². The Hall–Kier alpha value is -3.23. The second-order valence-electron chi connectivity index (χ2n) is 7.68. The fourth-order valence-corrected chi connectivity index (χ4v) is 4.95. The van der Waals surface area contributed by atoms with Gasteiger partial charge >= 0.3 is 0 Å². The highest BCUT2D eigenvalue weighted by atomic mass is 127. The standard InChI is InChI=1S/C25H17BrIN3O6S/c26-17-5-10-21(36-14-15-3-1-2-4-20(15)30(34)35)16(11-17)12-22-24(32)29(25(33)37-22)13-23(31)28-19-8-6-18(27)7-9-19/h1-12H,13-14H2,(H,28,31)/b22-12-. The lowest BCUT2D eigenvalue weighted by atomic mass is 10.1. The van der Waals surface area contributed by atoms with E-state index in [2.05, 4.69) is 43.8 Å². The first-order valence-corrected chi connectivity index (χ1v) is 13.4. The van der Waals surface area contributed by atoms with Crippen LogP contribution in [0.1, 0.15) is 11.1 Å². The molecule has 0 saturated carbocycles. The summed E-state index contributed by atoms with van der Waals surface area (Å²) >= 11 is 6.25. The van der Waals surface area contributed by atoms with Gasteiger partial charge in [0.05, 0.1) is 15.4 Å². The Bertz CT molecular complexity index is 1430. The second kappa shape index (κ2) is 11.9. The summed E-state index contributed by atoms with van der Waals surface area (Å²) in [6, 6.07) is 18.4. The highest BCUT2D eigenvalue weighted by Crippen LogP contribution is 2.35. The zero-order chi connectivity index (χ0) is 26.5. The predicted octanol–water partition coefficient (Wildman–Crippen LogP) is 6.22. The van der Waals surface area contributed by atoms with Crippen molar-refractivity contribution in [3.8, 4) is 5.75 Å². The molecule has 0 radical (unpaired) electrons. The Balaban J connectivity index is 1.50. The summed E-state index contributed by atoms with van der Waals surface area (Å²) in [5.74, 6) is -0.734. The molecule has 1 aliphatic heterocycles. The molecule has 9 nitrogen and oxygen atoms in total. The number of thioether (sulfide) groups is 1. The molecule has 0 aromatic heterocycles. The van der Waals surface area contributed by atoms with E-state index in [4.69, 9.17) is 4.74 Å². The normalized spacial score (nSPS) is 14.2. The van der Waals surface area contributed by atoms with Gasteiger partial charge in [0.15, 0.2) is 0 Å². The van der Waals surface area contributed by atoms with Gasteiger partial charge in [0.2, 0.25) is 5.91 Å². The SMILES string of the molecule is O=C(CN1C(=O)S/C(=C\c2cc(Br)ccc2OCc2ccccc2[N+](=O)[O-])C1=O)Nc1ccc(I)cc1. The molecule has 0 aliphatic carbocycles. The number of imide groups is 1. The van der Waals surface area contributed by atoms with Crippen LogP contribution in [-0.2, 0) is 16.2 Å². The number of halogens is 2. The van der Waals surface area contributed by atoms with Gasteiger partial charge in [0.1, 0.15) is 18.9 Å². The van der Waals surface area contributed by atoms with E-state index < -0.39 is 28.5 Å². The molecule has 12 heteroatoms. The third kappa shape index (κ3) is 6.76. The van der Waals surface area contributed by atoms with Crippen molar-refractivity contribution < 1.29 is 24.0 Å². The number of hydrogen-bond donors (Lipinski definition) is 1. The van der Waals surface area contributed by atoms with Crippen molar-refractivity contribution in [1.82, 2.24) is 4.90 Å². The van der Waals surface area contributed by atoms with Gasteiger partial charge < -0.3 is 10.1 Å². The van der Waals surface area contributed by atoms with Crippen LogP contribution in [0.25, 0.3) is 6.08 Å².